The van der Waals surface area contributed by atoms with Crippen molar-refractivity contribution in [3.63, 3.8) is 0 Å². The molecule has 0 saturated carbocycles. The van der Waals surface area contributed by atoms with Crippen LogP contribution in [0, 0.1) is 0 Å². The molecule has 0 unspecified atom stereocenters. The van der Waals surface area contributed by atoms with Gasteiger partial charge in [0.15, 0.2) is 0 Å². The first-order chi connectivity index (χ1) is 11.5. The van der Waals surface area contributed by atoms with Crippen LogP contribution in [0.5, 0.6) is 11.5 Å². The van der Waals surface area contributed by atoms with E-state index in [0.717, 1.165) is 6.54 Å². The molecule has 0 aliphatic carbocycles. The first-order valence-electron chi connectivity index (χ1n) is 7.34. The van der Waals surface area contributed by atoms with Crippen molar-refractivity contribution in [2.24, 2.45) is 15.9 Å². The minimum Gasteiger partial charge on any atom is -2.00 e. The number of hydrogen-bond donors (Lipinski definition) is 3. The van der Waals surface area contributed by atoms with Crippen molar-refractivity contribution in [3.8, 4) is 11.5 Å². The van der Waals surface area contributed by atoms with Gasteiger partial charge in [-0.15, -0.1) is 0 Å². The second-order valence-electron chi connectivity index (χ2n) is 4.78. The number of phenolic OH excluding ortho intramolecular Hbond substituents is 1. The van der Waals surface area contributed by atoms with Crippen LogP contribution in [0.25, 0.3) is 0 Å². The first-order valence-corrected chi connectivity index (χ1v) is 7.34. The van der Waals surface area contributed by atoms with Crippen molar-refractivity contribution in [2.45, 2.75) is 6.92 Å². The van der Waals surface area contributed by atoms with Gasteiger partial charge in [-0.1, -0.05) is 42.1 Å². The van der Waals surface area contributed by atoms with E-state index < -0.39 is 5.90 Å². The Kier molecular flexibility index (Phi) is 17.2. The Balaban J connectivity index is -0.000000751. The maximum atomic E-state index is 11.7. The summed E-state index contributed by atoms with van der Waals surface area (Å²) in [6.45, 7) is 3.17. The number of rotatable bonds is 4. The van der Waals surface area contributed by atoms with E-state index >= 15 is 0 Å². The monoisotopic (exact) mass is 412 g/mol. The third kappa shape index (κ3) is 10.4. The predicted octanol–water partition coefficient (Wildman–Crippen LogP) is -1.06. The number of nitrogens with two attached hydrogens (primary N) is 1. The molecule has 1 radical (unpaired) electrons. The minimum absolute atomic E-state index is 0. The summed E-state index contributed by atoms with van der Waals surface area (Å²) >= 11 is 0. The van der Waals surface area contributed by atoms with Gasteiger partial charge in [-0.3, -0.25) is 0 Å². The Morgan fingerprint density at radius 2 is 1.59 bits per heavy atom. The topological polar surface area (TPSA) is 202 Å². The zero-order valence-corrected chi connectivity index (χ0v) is 16.1. The molecule has 2 aromatic rings. The number of phenols is 1. The third-order valence-electron chi connectivity index (χ3n) is 2.89. The number of nitrogens with zero attached hydrogens (tertiary/aromatic N) is 2. The Hall–Kier alpha value is -2.40. The molecule has 27 heavy (non-hydrogen) atoms. The molecular weight excluding hydrogens is 391 g/mol. The van der Waals surface area contributed by atoms with Gasteiger partial charge in [0.05, 0.1) is 12.3 Å². The normalized spacial score (nSPS) is 10.3. The number of quaternary nitrogens is 1. The summed E-state index contributed by atoms with van der Waals surface area (Å²) in [4.78, 5) is 0. The second-order valence-corrected chi connectivity index (χ2v) is 4.78. The quantitative estimate of drug-likeness (QED) is 0.326. The maximum absolute atomic E-state index is 11.7. The summed E-state index contributed by atoms with van der Waals surface area (Å²) in [7, 11) is 0. The smallest absolute Gasteiger partial charge is 0.115 e. The van der Waals surface area contributed by atoms with Gasteiger partial charge < -0.3 is 37.7 Å². The fourth-order valence-corrected chi connectivity index (χ4v) is 1.60. The average Bonchev–Trinajstić information content (AvgIpc) is 2.60. The van der Waals surface area contributed by atoms with Gasteiger partial charge in [-0.25, -0.2) is 0 Å². The van der Waals surface area contributed by atoms with Crippen molar-refractivity contribution in [1.82, 2.24) is 0 Å². The zero-order valence-electron chi connectivity index (χ0n) is 14.7. The van der Waals surface area contributed by atoms with Crippen LogP contribution in [0.2, 0.25) is 0 Å². The molecule has 0 aliphatic heterocycles. The van der Waals surface area contributed by atoms with Crippen LogP contribution >= 0.6 is 0 Å². The van der Waals surface area contributed by atoms with E-state index in [1.165, 1.54) is 30.3 Å². The summed E-state index contributed by atoms with van der Waals surface area (Å²) in [5, 5.41) is 39.8. The molecule has 10 heteroatoms. The van der Waals surface area contributed by atoms with Crippen molar-refractivity contribution in [1.29, 1.82) is 0 Å². The predicted molar refractivity (Wildman–Crippen MR) is 90.9 cm³/mol. The van der Waals surface area contributed by atoms with Crippen molar-refractivity contribution in [3.05, 3.63) is 59.7 Å². The number of para-hydroxylation sites is 1. The van der Waals surface area contributed by atoms with Gasteiger partial charge >= 0.3 is 0 Å². The fraction of sp³-hybridized carbons (Fsp3) is 0.176. The van der Waals surface area contributed by atoms with Crippen molar-refractivity contribution >= 4 is 11.6 Å². The zero-order chi connectivity index (χ0) is 17.9. The van der Waals surface area contributed by atoms with Crippen molar-refractivity contribution < 1.29 is 50.6 Å². The van der Waals surface area contributed by atoms with E-state index in [0.29, 0.717) is 23.4 Å². The summed E-state index contributed by atoms with van der Waals surface area (Å²) in [6.07, 6.45) is 0. The standard InChI is InChI=1S/C15H14N2O3.C2H8N2.2O.V/c1-10(13-4-2-3-5-14(13)19)16-17-15(20)11-6-8-12(18)9-7-11;3-1-2-4;;;/h2-9,18-19H,1H3,(H,17,20);1-4H2;;;/q;;2*-2;/p-1/b16-10+;;;;. The van der Waals surface area contributed by atoms with Gasteiger partial charge in [0.25, 0.3) is 0 Å². The average molecular weight is 412 g/mol. The summed E-state index contributed by atoms with van der Waals surface area (Å²) in [5.74, 6) is -0.629. The van der Waals surface area contributed by atoms with Crippen LogP contribution in [-0.4, -0.2) is 29.8 Å². The Morgan fingerprint density at radius 3 is 2.07 bits per heavy atom. The molecular formula is C17H21N4O5V-5. The Bertz CT molecular complexity index is 707. The van der Waals surface area contributed by atoms with Crippen LogP contribution < -0.4 is 21.7 Å². The van der Waals surface area contributed by atoms with E-state index in [9.17, 15) is 10.2 Å². The summed E-state index contributed by atoms with van der Waals surface area (Å²) in [6, 6.07) is 12.1. The maximum Gasteiger partial charge on any atom is 0.115 e. The van der Waals surface area contributed by atoms with Gasteiger partial charge in [-0.2, -0.15) is 10.2 Å². The van der Waals surface area contributed by atoms with Crippen LogP contribution in [-0.2, 0) is 29.5 Å². The summed E-state index contributed by atoms with van der Waals surface area (Å²) < 4.78 is 0. The molecule has 0 bridgehead atoms. The van der Waals surface area contributed by atoms with E-state index in [1.807, 2.05) is 0 Å². The molecule has 0 saturated heterocycles. The first kappa shape index (κ1) is 29.4. The van der Waals surface area contributed by atoms with E-state index in [4.69, 9.17) is 10.8 Å². The van der Waals surface area contributed by atoms with Crippen molar-refractivity contribution in [2.75, 3.05) is 13.1 Å². The molecule has 0 spiro atoms. The molecule has 0 aliphatic rings. The van der Waals surface area contributed by atoms with E-state index in [-0.39, 0.29) is 41.0 Å². The number of hydrogen-bond acceptors (Lipinski definition) is 6. The molecule has 2 rings (SSSR count). The molecule has 0 aromatic heterocycles. The number of benzene rings is 2. The van der Waals surface area contributed by atoms with Crippen LogP contribution in [0.1, 0.15) is 18.1 Å². The molecule has 6 N–H and O–H groups in total. The minimum atomic E-state index is -0.535. The molecule has 0 amide bonds. The Morgan fingerprint density at radius 1 is 1.07 bits per heavy atom. The SMILES string of the molecule is C/C(=N\N=C(/[O-])c1ccc(O)cc1)c1ccccc1[O-].NCC[NH3+].[O-2].[O-2].[V]. The van der Waals surface area contributed by atoms with Gasteiger partial charge in [0.1, 0.15) is 5.75 Å². The fourth-order valence-electron chi connectivity index (χ4n) is 1.60. The summed E-state index contributed by atoms with van der Waals surface area (Å²) in [5.41, 5.74) is 9.55. The molecule has 0 heterocycles. The molecule has 0 fully saturated rings. The van der Waals surface area contributed by atoms with Gasteiger partial charge in [-0.05, 0) is 30.2 Å². The van der Waals surface area contributed by atoms with Crippen LogP contribution in [0.4, 0.5) is 0 Å². The van der Waals surface area contributed by atoms with Crippen LogP contribution in [0.3, 0.4) is 0 Å². The molecule has 0 atom stereocenters. The second kappa shape index (κ2) is 15.8. The van der Waals surface area contributed by atoms with Gasteiger partial charge in [0.2, 0.25) is 0 Å². The van der Waals surface area contributed by atoms with E-state index in [2.05, 4.69) is 15.9 Å². The Labute approximate surface area is 169 Å². The van der Waals surface area contributed by atoms with Gasteiger partial charge in [0, 0.05) is 31.0 Å². The van der Waals surface area contributed by atoms with Crippen LogP contribution in [0.15, 0.2) is 58.7 Å². The van der Waals surface area contributed by atoms with E-state index in [1.54, 1.807) is 25.1 Å². The largest absolute Gasteiger partial charge is 2.00 e. The molecule has 2 aromatic carbocycles. The molecule has 149 valence electrons. The number of aromatic hydroxyl groups is 1. The molecule has 9 nitrogen and oxygen atoms in total. The third-order valence-corrected chi connectivity index (χ3v) is 2.89.